The fourth-order valence-electron chi connectivity index (χ4n) is 2.84. The highest BCUT2D eigenvalue weighted by atomic mass is 16.4. The van der Waals surface area contributed by atoms with Gasteiger partial charge in [0.2, 0.25) is 0 Å². The van der Waals surface area contributed by atoms with Crippen molar-refractivity contribution in [3.8, 4) is 0 Å². The summed E-state index contributed by atoms with van der Waals surface area (Å²) in [4.78, 5) is 4.13. The molecule has 0 amide bonds. The Morgan fingerprint density at radius 3 is 2.85 bits per heavy atom. The van der Waals surface area contributed by atoms with Crippen LogP contribution in [0.3, 0.4) is 0 Å². The zero-order chi connectivity index (χ0) is 14.4. The second kappa shape index (κ2) is 6.67. The number of aromatic nitrogens is 1. The van der Waals surface area contributed by atoms with Gasteiger partial charge >= 0.3 is 0 Å². The average Bonchev–Trinajstić information content (AvgIpc) is 2.96. The minimum atomic E-state index is 0.0129. The number of rotatable bonds is 6. The summed E-state index contributed by atoms with van der Waals surface area (Å²) in [5, 5.41) is 24.7. The number of oxime groups is 1. The standard InChI is InChI=1S/C14H22N4O2/c15-13(18-20)12-11(4-3-7-17-12)8-16-9-14(10-19)5-1-2-6-14/h3-4,7,16,19-20H,1-2,5-6,8-10H2,(H2,15,18). The van der Waals surface area contributed by atoms with Gasteiger partial charge in [-0.3, -0.25) is 4.98 Å². The van der Waals surface area contributed by atoms with Crippen LogP contribution in [0.4, 0.5) is 0 Å². The Labute approximate surface area is 118 Å². The summed E-state index contributed by atoms with van der Waals surface area (Å²) >= 11 is 0. The molecule has 1 saturated carbocycles. The van der Waals surface area contributed by atoms with Gasteiger partial charge in [0.25, 0.3) is 0 Å². The lowest BCUT2D eigenvalue weighted by atomic mass is 9.87. The van der Waals surface area contributed by atoms with Crippen LogP contribution < -0.4 is 11.1 Å². The average molecular weight is 278 g/mol. The van der Waals surface area contributed by atoms with Gasteiger partial charge in [-0.25, -0.2) is 0 Å². The topological polar surface area (TPSA) is 104 Å². The summed E-state index contributed by atoms with van der Waals surface area (Å²) in [7, 11) is 0. The maximum atomic E-state index is 9.57. The van der Waals surface area contributed by atoms with Crippen LogP contribution in [0.15, 0.2) is 23.5 Å². The fraction of sp³-hybridized carbons (Fsp3) is 0.571. The molecule has 1 heterocycles. The third kappa shape index (κ3) is 3.26. The number of nitrogens with one attached hydrogen (secondary N) is 1. The van der Waals surface area contributed by atoms with Gasteiger partial charge < -0.3 is 21.4 Å². The molecule has 5 N–H and O–H groups in total. The number of amidine groups is 1. The fourth-order valence-corrected chi connectivity index (χ4v) is 2.84. The zero-order valence-corrected chi connectivity index (χ0v) is 11.5. The van der Waals surface area contributed by atoms with Crippen molar-refractivity contribution in [1.29, 1.82) is 0 Å². The molecule has 0 atom stereocenters. The second-order valence-electron chi connectivity index (χ2n) is 5.47. The molecule has 0 bridgehead atoms. The first-order valence-corrected chi connectivity index (χ1v) is 6.94. The Morgan fingerprint density at radius 1 is 1.45 bits per heavy atom. The van der Waals surface area contributed by atoms with Crippen molar-refractivity contribution < 1.29 is 10.3 Å². The monoisotopic (exact) mass is 278 g/mol. The molecule has 0 aliphatic heterocycles. The molecular weight excluding hydrogens is 256 g/mol. The maximum absolute atomic E-state index is 9.57. The van der Waals surface area contributed by atoms with Crippen molar-refractivity contribution in [3.63, 3.8) is 0 Å². The van der Waals surface area contributed by atoms with Crippen LogP contribution in [0.25, 0.3) is 0 Å². The van der Waals surface area contributed by atoms with Crippen molar-refractivity contribution >= 4 is 5.84 Å². The van der Waals surface area contributed by atoms with Crippen LogP contribution in [-0.4, -0.2) is 34.3 Å². The summed E-state index contributed by atoms with van der Waals surface area (Å²) in [5.41, 5.74) is 7.00. The lowest BCUT2D eigenvalue weighted by molar-refractivity contribution is 0.128. The number of nitrogens with zero attached hydrogens (tertiary/aromatic N) is 2. The molecule has 1 aliphatic carbocycles. The minimum Gasteiger partial charge on any atom is -0.409 e. The highest BCUT2D eigenvalue weighted by Gasteiger charge is 2.32. The molecule has 0 unspecified atom stereocenters. The van der Waals surface area contributed by atoms with E-state index < -0.39 is 0 Å². The smallest absolute Gasteiger partial charge is 0.189 e. The predicted molar refractivity (Wildman–Crippen MR) is 76.4 cm³/mol. The molecule has 1 aromatic rings. The van der Waals surface area contributed by atoms with E-state index in [1.807, 2.05) is 12.1 Å². The van der Waals surface area contributed by atoms with E-state index in [1.54, 1.807) is 6.20 Å². The molecule has 20 heavy (non-hydrogen) atoms. The summed E-state index contributed by atoms with van der Waals surface area (Å²) in [6.07, 6.45) is 6.12. The quantitative estimate of drug-likeness (QED) is 0.267. The Balaban J connectivity index is 1.97. The minimum absolute atomic E-state index is 0.0129. The normalized spacial score (nSPS) is 18.4. The van der Waals surface area contributed by atoms with Crippen LogP contribution in [0, 0.1) is 5.41 Å². The van der Waals surface area contributed by atoms with Crippen molar-refractivity contribution in [2.24, 2.45) is 16.3 Å². The summed E-state index contributed by atoms with van der Waals surface area (Å²) in [6.45, 7) is 1.58. The van der Waals surface area contributed by atoms with Crippen LogP contribution in [0.1, 0.15) is 36.9 Å². The molecule has 110 valence electrons. The molecule has 2 rings (SSSR count). The van der Waals surface area contributed by atoms with Gasteiger partial charge in [0.1, 0.15) is 5.69 Å². The van der Waals surface area contributed by atoms with Crippen LogP contribution in [-0.2, 0) is 6.54 Å². The van der Waals surface area contributed by atoms with Gasteiger partial charge in [0, 0.05) is 31.3 Å². The first-order valence-electron chi connectivity index (χ1n) is 6.94. The molecule has 0 radical (unpaired) electrons. The van der Waals surface area contributed by atoms with E-state index in [9.17, 15) is 5.11 Å². The van der Waals surface area contributed by atoms with Gasteiger partial charge in [-0.05, 0) is 24.5 Å². The molecule has 1 fully saturated rings. The van der Waals surface area contributed by atoms with Crippen molar-refractivity contribution in [3.05, 3.63) is 29.6 Å². The van der Waals surface area contributed by atoms with Crippen molar-refractivity contribution in [2.45, 2.75) is 32.2 Å². The Bertz CT molecular complexity index is 470. The van der Waals surface area contributed by atoms with Gasteiger partial charge in [0.05, 0.1) is 0 Å². The highest BCUT2D eigenvalue weighted by Crippen LogP contribution is 2.36. The number of hydrogen-bond acceptors (Lipinski definition) is 5. The molecule has 0 saturated heterocycles. The van der Waals surface area contributed by atoms with E-state index in [-0.39, 0.29) is 17.9 Å². The van der Waals surface area contributed by atoms with Crippen molar-refractivity contribution in [1.82, 2.24) is 10.3 Å². The largest absolute Gasteiger partial charge is 0.409 e. The molecular formula is C14H22N4O2. The van der Waals surface area contributed by atoms with E-state index in [1.165, 1.54) is 12.8 Å². The number of nitrogens with two attached hydrogens (primary N) is 1. The lowest BCUT2D eigenvalue weighted by Crippen LogP contribution is -2.35. The van der Waals surface area contributed by atoms with Crippen molar-refractivity contribution in [2.75, 3.05) is 13.2 Å². The third-order valence-electron chi connectivity index (χ3n) is 4.06. The molecule has 0 spiro atoms. The van der Waals surface area contributed by atoms with Crippen LogP contribution in [0.2, 0.25) is 0 Å². The molecule has 1 aromatic heterocycles. The van der Waals surface area contributed by atoms with E-state index in [0.29, 0.717) is 12.2 Å². The van der Waals surface area contributed by atoms with Crippen LogP contribution >= 0.6 is 0 Å². The molecule has 0 aromatic carbocycles. The number of aliphatic hydroxyl groups excluding tert-OH is 1. The van der Waals surface area contributed by atoms with E-state index >= 15 is 0 Å². The van der Waals surface area contributed by atoms with Gasteiger partial charge in [0.15, 0.2) is 5.84 Å². The van der Waals surface area contributed by atoms with Gasteiger partial charge in [-0.15, -0.1) is 0 Å². The summed E-state index contributed by atoms with van der Waals surface area (Å²) in [6, 6.07) is 3.72. The Morgan fingerprint density at radius 2 is 2.20 bits per heavy atom. The Kier molecular flexibility index (Phi) is 4.92. The molecule has 6 heteroatoms. The third-order valence-corrected chi connectivity index (χ3v) is 4.06. The number of hydrogen-bond donors (Lipinski definition) is 4. The number of aliphatic hydroxyl groups is 1. The van der Waals surface area contributed by atoms with Gasteiger partial charge in [-0.1, -0.05) is 24.1 Å². The van der Waals surface area contributed by atoms with E-state index in [4.69, 9.17) is 10.9 Å². The van der Waals surface area contributed by atoms with E-state index in [2.05, 4.69) is 15.5 Å². The molecule has 1 aliphatic rings. The predicted octanol–water partition coefficient (Wildman–Crippen LogP) is 0.818. The highest BCUT2D eigenvalue weighted by molar-refractivity contribution is 5.96. The maximum Gasteiger partial charge on any atom is 0.189 e. The zero-order valence-electron chi connectivity index (χ0n) is 11.5. The first kappa shape index (κ1) is 14.7. The first-order chi connectivity index (χ1) is 9.71. The SMILES string of the molecule is N/C(=N/O)c1ncccc1CNCC1(CO)CCCC1. The second-order valence-corrected chi connectivity index (χ2v) is 5.47. The number of pyridine rings is 1. The summed E-state index contributed by atoms with van der Waals surface area (Å²) in [5.74, 6) is 0.0140. The van der Waals surface area contributed by atoms with E-state index in [0.717, 1.165) is 24.9 Å². The lowest BCUT2D eigenvalue weighted by Gasteiger charge is -2.26. The molecule has 6 nitrogen and oxygen atoms in total. The Hall–Kier alpha value is -1.66. The van der Waals surface area contributed by atoms with Gasteiger partial charge in [-0.2, -0.15) is 0 Å². The summed E-state index contributed by atoms with van der Waals surface area (Å²) < 4.78 is 0. The van der Waals surface area contributed by atoms with Crippen LogP contribution in [0.5, 0.6) is 0 Å².